The van der Waals surface area contributed by atoms with Crippen LogP contribution in [0.15, 0.2) is 53.8 Å². The molecule has 1 heterocycles. The second kappa shape index (κ2) is 9.88. The third-order valence-corrected chi connectivity index (χ3v) is 4.07. The highest BCUT2D eigenvalue weighted by molar-refractivity contribution is 6.68. The maximum atomic E-state index is 12.4. The lowest BCUT2D eigenvalue weighted by molar-refractivity contribution is -0.463. The fourth-order valence-corrected chi connectivity index (χ4v) is 2.43. The molecule has 2 aromatic rings. The van der Waals surface area contributed by atoms with Crippen molar-refractivity contribution in [1.82, 2.24) is 10.3 Å². The molecule has 1 aromatic heterocycles. The summed E-state index contributed by atoms with van der Waals surface area (Å²) in [7, 11) is 0. The van der Waals surface area contributed by atoms with Crippen LogP contribution in [0.4, 0.5) is 5.69 Å². The smallest absolute Gasteiger partial charge is 0.260 e. The SMILES string of the molecule is O=C(NC(N=C(C[N+](=O)[O-])Nc1cccnc1)C(Cl)(Cl)Cl)c1ccc(Cl)cc1. The number of alkyl halides is 3. The van der Waals surface area contributed by atoms with E-state index in [-0.39, 0.29) is 11.4 Å². The van der Waals surface area contributed by atoms with Crippen LogP contribution in [0.5, 0.6) is 0 Å². The summed E-state index contributed by atoms with van der Waals surface area (Å²) in [6.07, 6.45) is 1.57. The van der Waals surface area contributed by atoms with Gasteiger partial charge in [0.15, 0.2) is 12.0 Å². The van der Waals surface area contributed by atoms with Gasteiger partial charge in [0.05, 0.1) is 11.9 Å². The van der Waals surface area contributed by atoms with E-state index in [9.17, 15) is 14.9 Å². The number of nitrogens with one attached hydrogen (secondary N) is 2. The molecule has 0 radical (unpaired) electrons. The zero-order valence-electron chi connectivity index (χ0n) is 14.0. The number of rotatable bonds is 6. The first-order valence-electron chi connectivity index (χ1n) is 7.64. The Bertz CT molecular complexity index is 857. The summed E-state index contributed by atoms with van der Waals surface area (Å²) in [4.78, 5) is 30.7. The van der Waals surface area contributed by atoms with Crippen molar-refractivity contribution in [3.63, 3.8) is 0 Å². The van der Waals surface area contributed by atoms with Gasteiger partial charge in [-0.15, -0.1) is 0 Å². The summed E-state index contributed by atoms with van der Waals surface area (Å²) in [5, 5.41) is 16.6. The van der Waals surface area contributed by atoms with E-state index in [0.29, 0.717) is 10.7 Å². The molecule has 28 heavy (non-hydrogen) atoms. The molecule has 0 aliphatic carbocycles. The molecule has 1 atom stereocenters. The van der Waals surface area contributed by atoms with Crippen LogP contribution in [0.25, 0.3) is 0 Å². The summed E-state index contributed by atoms with van der Waals surface area (Å²) in [5.74, 6) is -0.732. The largest absolute Gasteiger partial charge is 0.337 e. The van der Waals surface area contributed by atoms with Crippen LogP contribution in [0.2, 0.25) is 5.02 Å². The van der Waals surface area contributed by atoms with Gasteiger partial charge in [-0.05, 0) is 36.4 Å². The Balaban J connectivity index is 2.28. The van der Waals surface area contributed by atoms with Crippen LogP contribution < -0.4 is 10.6 Å². The number of amidine groups is 1. The third kappa shape index (κ3) is 7.12. The summed E-state index contributed by atoms with van der Waals surface area (Å²) in [6, 6.07) is 9.24. The number of hydrogen-bond donors (Lipinski definition) is 2. The number of carbonyl (C=O) groups excluding carboxylic acids is 1. The van der Waals surface area contributed by atoms with Gasteiger partial charge < -0.3 is 10.6 Å². The molecule has 2 N–H and O–H groups in total. The second-order valence-corrected chi connectivity index (χ2v) is 8.16. The predicted octanol–water partition coefficient (Wildman–Crippen LogP) is 3.95. The Labute approximate surface area is 180 Å². The molecule has 1 unspecified atom stereocenters. The van der Waals surface area contributed by atoms with Crippen molar-refractivity contribution in [1.29, 1.82) is 0 Å². The van der Waals surface area contributed by atoms with Crippen LogP contribution in [-0.2, 0) is 0 Å². The zero-order chi connectivity index (χ0) is 20.7. The monoisotopic (exact) mass is 463 g/mol. The summed E-state index contributed by atoms with van der Waals surface area (Å²) >= 11 is 23.5. The number of amides is 1. The molecule has 0 saturated heterocycles. The molecule has 0 aliphatic rings. The normalized spacial score (nSPS) is 12.9. The lowest BCUT2D eigenvalue weighted by Crippen LogP contribution is -2.44. The Morgan fingerprint density at radius 2 is 1.93 bits per heavy atom. The lowest BCUT2D eigenvalue weighted by atomic mass is 10.2. The van der Waals surface area contributed by atoms with Crippen LogP contribution in [0, 0.1) is 10.1 Å². The van der Waals surface area contributed by atoms with Crippen molar-refractivity contribution in [2.45, 2.75) is 9.96 Å². The molecule has 12 heteroatoms. The first-order chi connectivity index (χ1) is 13.1. The summed E-state index contributed by atoms with van der Waals surface area (Å²) < 4.78 is -2.07. The maximum absolute atomic E-state index is 12.4. The molecule has 148 valence electrons. The van der Waals surface area contributed by atoms with Gasteiger partial charge in [0.1, 0.15) is 0 Å². The molecule has 0 fully saturated rings. The van der Waals surface area contributed by atoms with Gasteiger partial charge in [-0.2, -0.15) is 0 Å². The van der Waals surface area contributed by atoms with E-state index in [1.54, 1.807) is 12.1 Å². The van der Waals surface area contributed by atoms with Crippen molar-refractivity contribution < 1.29 is 9.72 Å². The lowest BCUT2D eigenvalue weighted by Gasteiger charge is -2.23. The minimum atomic E-state index is -2.07. The van der Waals surface area contributed by atoms with Gasteiger partial charge >= 0.3 is 0 Å². The number of pyridine rings is 1. The molecule has 0 aliphatic heterocycles. The number of nitrogens with zero attached hydrogens (tertiary/aromatic N) is 3. The zero-order valence-corrected chi connectivity index (χ0v) is 17.0. The van der Waals surface area contributed by atoms with Crippen molar-refractivity contribution >= 4 is 63.8 Å². The first-order valence-corrected chi connectivity index (χ1v) is 9.15. The third-order valence-electron chi connectivity index (χ3n) is 3.20. The molecular formula is C16H13Cl4N5O3. The van der Waals surface area contributed by atoms with E-state index >= 15 is 0 Å². The summed E-state index contributed by atoms with van der Waals surface area (Å²) in [6.45, 7) is -0.692. The number of halogens is 4. The second-order valence-electron chi connectivity index (χ2n) is 5.36. The first kappa shape index (κ1) is 22.2. The van der Waals surface area contributed by atoms with Gasteiger partial charge in [0.25, 0.3) is 12.5 Å². The van der Waals surface area contributed by atoms with E-state index in [1.165, 1.54) is 36.7 Å². The van der Waals surface area contributed by atoms with Crippen molar-refractivity contribution in [3.05, 3.63) is 69.5 Å². The predicted molar refractivity (Wildman–Crippen MR) is 110 cm³/mol. The molecule has 2 rings (SSSR count). The standard InChI is InChI=1S/C16H13Cl4N5O3/c17-11-5-3-10(4-6-11)14(26)24-15(16(18,19)20)23-13(9-25(27)28)22-12-2-1-7-21-8-12/h1-8,15H,9H2,(H,22,23)(H,24,26). The molecule has 0 bridgehead atoms. The average Bonchev–Trinajstić information content (AvgIpc) is 2.61. The van der Waals surface area contributed by atoms with Gasteiger partial charge in [0.2, 0.25) is 3.79 Å². The van der Waals surface area contributed by atoms with E-state index in [0.717, 1.165) is 0 Å². The number of benzene rings is 1. The van der Waals surface area contributed by atoms with Gasteiger partial charge in [-0.3, -0.25) is 19.9 Å². The van der Waals surface area contributed by atoms with Crippen molar-refractivity contribution in [2.75, 3.05) is 11.9 Å². The topological polar surface area (TPSA) is 110 Å². The van der Waals surface area contributed by atoms with Gasteiger partial charge in [-0.1, -0.05) is 46.4 Å². The van der Waals surface area contributed by atoms with Gasteiger partial charge in [-0.25, -0.2) is 4.99 Å². The molecule has 1 amide bonds. The number of carbonyl (C=O) groups is 1. The molecule has 0 saturated carbocycles. The van der Waals surface area contributed by atoms with E-state index in [4.69, 9.17) is 46.4 Å². The number of hydrogen-bond acceptors (Lipinski definition) is 5. The van der Waals surface area contributed by atoms with Crippen LogP contribution in [0.3, 0.4) is 0 Å². The molecule has 1 aromatic carbocycles. The highest BCUT2D eigenvalue weighted by Crippen LogP contribution is 2.31. The summed E-state index contributed by atoms with van der Waals surface area (Å²) in [5.41, 5.74) is 0.685. The fraction of sp³-hybridized carbons (Fsp3) is 0.188. The molecule has 8 nitrogen and oxygen atoms in total. The Morgan fingerprint density at radius 1 is 1.25 bits per heavy atom. The molecule has 0 spiro atoms. The number of aromatic nitrogens is 1. The average molecular weight is 465 g/mol. The quantitative estimate of drug-likeness (QED) is 0.221. The Hall–Kier alpha value is -2.13. The van der Waals surface area contributed by atoms with Crippen molar-refractivity contribution in [2.24, 2.45) is 4.99 Å². The maximum Gasteiger partial charge on any atom is 0.260 e. The Kier molecular flexibility index (Phi) is 7.82. The highest BCUT2D eigenvalue weighted by atomic mass is 35.6. The number of anilines is 1. The van der Waals surface area contributed by atoms with Crippen LogP contribution in [-0.4, -0.2) is 38.2 Å². The van der Waals surface area contributed by atoms with Crippen molar-refractivity contribution in [3.8, 4) is 0 Å². The fourth-order valence-electron chi connectivity index (χ4n) is 1.99. The van der Waals surface area contributed by atoms with Crippen LogP contribution in [0.1, 0.15) is 10.4 Å². The van der Waals surface area contributed by atoms with Gasteiger partial charge in [0, 0.05) is 21.7 Å². The number of aliphatic imine (C=N–C) groups is 1. The van der Waals surface area contributed by atoms with E-state index in [1.807, 2.05) is 0 Å². The van der Waals surface area contributed by atoms with Crippen LogP contribution >= 0.6 is 46.4 Å². The van der Waals surface area contributed by atoms with E-state index < -0.39 is 27.3 Å². The minimum Gasteiger partial charge on any atom is -0.337 e. The molecular weight excluding hydrogens is 452 g/mol. The number of nitro groups is 1. The Morgan fingerprint density at radius 3 is 2.46 bits per heavy atom. The highest BCUT2D eigenvalue weighted by Gasteiger charge is 2.35. The minimum absolute atomic E-state index is 0.134. The van der Waals surface area contributed by atoms with E-state index in [2.05, 4.69) is 20.6 Å².